The van der Waals surface area contributed by atoms with E-state index in [-0.39, 0.29) is 42.0 Å². The van der Waals surface area contributed by atoms with Gasteiger partial charge in [0.25, 0.3) is 0 Å². The number of carbonyl (C=O) groups excluding carboxylic acids is 1. The Labute approximate surface area is 158 Å². The van der Waals surface area contributed by atoms with Crippen LogP contribution >= 0.6 is 24.0 Å². The van der Waals surface area contributed by atoms with Gasteiger partial charge < -0.3 is 20.9 Å². The fourth-order valence-electron chi connectivity index (χ4n) is 2.47. The van der Waals surface area contributed by atoms with E-state index in [4.69, 9.17) is 0 Å². The van der Waals surface area contributed by atoms with Crippen LogP contribution in [0, 0.1) is 0 Å². The molecule has 1 aliphatic heterocycles. The Morgan fingerprint density at radius 3 is 2.39 bits per heavy atom. The molecule has 7 heteroatoms. The van der Waals surface area contributed by atoms with Crippen molar-refractivity contribution in [1.82, 2.24) is 20.9 Å². The van der Waals surface area contributed by atoms with Crippen LogP contribution in [0.2, 0.25) is 0 Å². The summed E-state index contributed by atoms with van der Waals surface area (Å²) < 4.78 is 0. The summed E-state index contributed by atoms with van der Waals surface area (Å²) in [4.78, 5) is 18.6. The minimum atomic E-state index is -0.214. The first-order chi connectivity index (χ1) is 10.4. The molecule has 1 heterocycles. The number of nitrogens with one attached hydrogen (secondary N) is 3. The number of nitrogens with zero attached hydrogens (tertiary/aromatic N) is 2. The number of hydrogen-bond donors (Lipinski definition) is 3. The third-order valence-electron chi connectivity index (χ3n) is 3.38. The minimum Gasteiger partial charge on any atom is -0.357 e. The quantitative estimate of drug-likeness (QED) is 0.244. The number of aliphatic imine (C=N–C) groups is 1. The molecule has 0 aliphatic carbocycles. The van der Waals surface area contributed by atoms with Crippen molar-refractivity contribution in [3.8, 4) is 0 Å². The summed E-state index contributed by atoms with van der Waals surface area (Å²) in [6, 6.07) is 0. The number of amides is 1. The van der Waals surface area contributed by atoms with Crippen LogP contribution in [0.3, 0.4) is 0 Å². The molecule has 1 fully saturated rings. The summed E-state index contributed by atoms with van der Waals surface area (Å²) in [5.41, 5.74) is -0.214. The van der Waals surface area contributed by atoms with Gasteiger partial charge in [0, 0.05) is 18.6 Å². The third-order valence-corrected chi connectivity index (χ3v) is 3.38. The van der Waals surface area contributed by atoms with Crippen LogP contribution in [-0.2, 0) is 4.79 Å². The molecule has 0 aromatic carbocycles. The Morgan fingerprint density at radius 2 is 1.83 bits per heavy atom. The van der Waals surface area contributed by atoms with E-state index in [1.165, 1.54) is 25.9 Å². The largest absolute Gasteiger partial charge is 0.357 e. The first-order valence-corrected chi connectivity index (χ1v) is 8.46. The van der Waals surface area contributed by atoms with E-state index in [2.05, 4.69) is 25.8 Å². The zero-order valence-electron chi connectivity index (χ0n) is 15.1. The lowest BCUT2D eigenvalue weighted by Crippen LogP contribution is -2.43. The van der Waals surface area contributed by atoms with Gasteiger partial charge >= 0.3 is 0 Å². The standard InChI is InChI=1S/C16H33N5O.HI/c1-5-17-15(19-13-14(22)20-16(2,3)4)18-9-8-12-21-10-6-7-11-21;/h5-13H2,1-4H3,(H,20,22)(H2,17,18,19);1H. The number of rotatable bonds is 7. The van der Waals surface area contributed by atoms with E-state index in [0.717, 1.165) is 26.1 Å². The van der Waals surface area contributed by atoms with Crippen LogP contribution < -0.4 is 16.0 Å². The van der Waals surface area contributed by atoms with Crippen LogP contribution in [-0.4, -0.2) is 61.6 Å². The van der Waals surface area contributed by atoms with Crippen LogP contribution in [0.15, 0.2) is 4.99 Å². The van der Waals surface area contributed by atoms with E-state index in [1.54, 1.807) is 0 Å². The van der Waals surface area contributed by atoms with Crippen molar-refractivity contribution in [2.24, 2.45) is 4.99 Å². The van der Waals surface area contributed by atoms with Gasteiger partial charge in [0.2, 0.25) is 5.91 Å². The minimum absolute atomic E-state index is 0. The molecule has 0 saturated carbocycles. The maximum Gasteiger partial charge on any atom is 0.242 e. The van der Waals surface area contributed by atoms with Crippen molar-refractivity contribution in [1.29, 1.82) is 0 Å². The van der Waals surface area contributed by atoms with Crippen molar-refractivity contribution >= 4 is 35.8 Å². The molecular formula is C16H34IN5O. The van der Waals surface area contributed by atoms with Gasteiger partial charge in [-0.3, -0.25) is 4.79 Å². The van der Waals surface area contributed by atoms with Crippen LogP contribution in [0.5, 0.6) is 0 Å². The highest BCUT2D eigenvalue weighted by molar-refractivity contribution is 14.0. The molecule has 1 saturated heterocycles. The maximum absolute atomic E-state index is 11.8. The van der Waals surface area contributed by atoms with Gasteiger partial charge in [0.05, 0.1) is 0 Å². The lowest BCUT2D eigenvalue weighted by molar-refractivity contribution is -0.121. The van der Waals surface area contributed by atoms with Crippen molar-refractivity contribution in [3.05, 3.63) is 0 Å². The van der Waals surface area contributed by atoms with Gasteiger partial charge in [-0.15, -0.1) is 24.0 Å². The summed E-state index contributed by atoms with van der Waals surface area (Å²) in [6.07, 6.45) is 3.76. The molecule has 0 bridgehead atoms. The van der Waals surface area contributed by atoms with Gasteiger partial charge in [-0.25, -0.2) is 4.99 Å². The van der Waals surface area contributed by atoms with Crippen LogP contribution in [0.25, 0.3) is 0 Å². The number of hydrogen-bond acceptors (Lipinski definition) is 3. The van der Waals surface area contributed by atoms with Crippen molar-refractivity contribution in [2.45, 2.75) is 52.5 Å². The molecule has 1 aliphatic rings. The molecule has 3 N–H and O–H groups in total. The summed E-state index contributed by atoms with van der Waals surface area (Å²) in [6.45, 7) is 13.4. The van der Waals surface area contributed by atoms with Gasteiger partial charge in [0.15, 0.2) is 5.96 Å². The molecule has 0 atom stereocenters. The fraction of sp³-hybridized carbons (Fsp3) is 0.875. The highest BCUT2D eigenvalue weighted by Gasteiger charge is 2.13. The molecular weight excluding hydrogens is 405 g/mol. The van der Waals surface area contributed by atoms with E-state index in [9.17, 15) is 4.79 Å². The predicted molar refractivity (Wildman–Crippen MR) is 108 cm³/mol. The molecule has 6 nitrogen and oxygen atoms in total. The molecule has 0 aromatic rings. The number of guanidine groups is 1. The molecule has 23 heavy (non-hydrogen) atoms. The van der Waals surface area contributed by atoms with E-state index in [0.29, 0.717) is 5.96 Å². The highest BCUT2D eigenvalue weighted by atomic mass is 127. The smallest absolute Gasteiger partial charge is 0.242 e. The van der Waals surface area contributed by atoms with E-state index >= 15 is 0 Å². The zero-order valence-corrected chi connectivity index (χ0v) is 17.4. The van der Waals surface area contributed by atoms with Gasteiger partial charge in [-0.1, -0.05) is 0 Å². The highest BCUT2D eigenvalue weighted by Crippen LogP contribution is 2.06. The Kier molecular flexibility index (Phi) is 11.6. The zero-order chi connectivity index (χ0) is 16.4. The summed E-state index contributed by atoms with van der Waals surface area (Å²) in [5, 5.41) is 9.38. The second kappa shape index (κ2) is 11.9. The maximum atomic E-state index is 11.8. The summed E-state index contributed by atoms with van der Waals surface area (Å²) in [7, 11) is 0. The second-order valence-electron chi connectivity index (χ2n) is 6.82. The Hall–Kier alpha value is -0.570. The average molecular weight is 439 g/mol. The molecule has 136 valence electrons. The number of likely N-dealkylation sites (tertiary alicyclic amines) is 1. The third kappa shape index (κ3) is 11.6. The van der Waals surface area contributed by atoms with Crippen LogP contribution in [0.1, 0.15) is 47.0 Å². The molecule has 0 spiro atoms. The molecule has 0 radical (unpaired) electrons. The lowest BCUT2D eigenvalue weighted by atomic mass is 10.1. The number of carbonyl (C=O) groups is 1. The fourth-order valence-corrected chi connectivity index (χ4v) is 2.47. The van der Waals surface area contributed by atoms with E-state index < -0.39 is 0 Å². The lowest BCUT2D eigenvalue weighted by Gasteiger charge is -2.20. The van der Waals surface area contributed by atoms with Gasteiger partial charge in [0.1, 0.15) is 6.54 Å². The first kappa shape index (κ1) is 22.4. The number of halogens is 1. The molecule has 1 rings (SSSR count). The molecule has 0 aromatic heterocycles. The van der Waals surface area contributed by atoms with Gasteiger partial charge in [-0.2, -0.15) is 0 Å². The van der Waals surface area contributed by atoms with Gasteiger partial charge in [-0.05, 0) is 66.6 Å². The normalized spacial score (nSPS) is 15.9. The monoisotopic (exact) mass is 439 g/mol. The molecule has 1 amide bonds. The molecule has 0 unspecified atom stereocenters. The Morgan fingerprint density at radius 1 is 1.17 bits per heavy atom. The predicted octanol–water partition coefficient (Wildman–Crippen LogP) is 1.56. The summed E-state index contributed by atoms with van der Waals surface area (Å²) in [5.74, 6) is 0.662. The van der Waals surface area contributed by atoms with Crippen molar-refractivity contribution in [3.63, 3.8) is 0 Å². The first-order valence-electron chi connectivity index (χ1n) is 8.46. The topological polar surface area (TPSA) is 68.8 Å². The summed E-state index contributed by atoms with van der Waals surface area (Å²) >= 11 is 0. The van der Waals surface area contributed by atoms with Crippen molar-refractivity contribution in [2.75, 3.05) is 39.3 Å². The SMILES string of the molecule is CCNC(=NCC(=O)NC(C)(C)C)NCCCN1CCCC1.I. The van der Waals surface area contributed by atoms with E-state index in [1.807, 2.05) is 27.7 Å². The van der Waals surface area contributed by atoms with Crippen molar-refractivity contribution < 1.29 is 4.79 Å². The Bertz CT molecular complexity index is 362. The average Bonchev–Trinajstić information content (AvgIpc) is 2.92. The Balaban J connectivity index is 0.00000484. The second-order valence-corrected chi connectivity index (χ2v) is 6.82. The van der Waals surface area contributed by atoms with Crippen LogP contribution in [0.4, 0.5) is 0 Å².